The van der Waals surface area contributed by atoms with Crippen molar-refractivity contribution in [3.05, 3.63) is 35.9 Å². The highest BCUT2D eigenvalue weighted by Crippen LogP contribution is 2.07. The molecule has 0 fully saturated rings. The van der Waals surface area contributed by atoms with Crippen LogP contribution in [0.3, 0.4) is 0 Å². The number of hydrogen-bond donors (Lipinski definition) is 0. The van der Waals surface area contributed by atoms with Gasteiger partial charge >= 0.3 is 0 Å². The molecule has 2 nitrogen and oxygen atoms in total. The van der Waals surface area contributed by atoms with Crippen LogP contribution < -0.4 is 0 Å². The van der Waals surface area contributed by atoms with E-state index in [9.17, 15) is 4.79 Å². The van der Waals surface area contributed by atoms with Gasteiger partial charge in [0.1, 0.15) is 5.78 Å². The summed E-state index contributed by atoms with van der Waals surface area (Å²) < 4.78 is 5.51. The molecule has 0 aliphatic rings. The first-order chi connectivity index (χ1) is 9.33. The zero-order chi connectivity index (χ0) is 13.8. The lowest BCUT2D eigenvalue weighted by atomic mass is 10.1. The summed E-state index contributed by atoms with van der Waals surface area (Å²) in [6.07, 6.45) is 7.30. The molecular weight excluding hydrogens is 236 g/mol. The molecule has 0 unspecified atom stereocenters. The maximum absolute atomic E-state index is 11.6. The number of unbranched alkanes of at least 4 members (excludes halogenated alkanes) is 4. The van der Waals surface area contributed by atoms with Crippen LogP contribution in [0.2, 0.25) is 0 Å². The van der Waals surface area contributed by atoms with Crippen molar-refractivity contribution in [2.45, 2.75) is 58.5 Å². The van der Waals surface area contributed by atoms with Crippen LogP contribution >= 0.6 is 0 Å². The van der Waals surface area contributed by atoms with Gasteiger partial charge in [-0.25, -0.2) is 0 Å². The molecule has 0 saturated heterocycles. The first-order valence-electron chi connectivity index (χ1n) is 7.46. The Hall–Kier alpha value is -1.15. The molecule has 0 spiro atoms. The largest absolute Gasteiger partial charge is 0.376 e. The van der Waals surface area contributed by atoms with Crippen molar-refractivity contribution in [2.24, 2.45) is 0 Å². The number of hydrogen-bond acceptors (Lipinski definition) is 2. The molecule has 0 N–H and O–H groups in total. The van der Waals surface area contributed by atoms with E-state index in [4.69, 9.17) is 4.74 Å². The van der Waals surface area contributed by atoms with Gasteiger partial charge < -0.3 is 4.74 Å². The average molecular weight is 262 g/mol. The fraction of sp³-hybridized carbons (Fsp3) is 0.588. The van der Waals surface area contributed by atoms with Crippen LogP contribution in [0.4, 0.5) is 0 Å². The number of rotatable bonds is 11. The third-order valence-corrected chi connectivity index (χ3v) is 3.20. The van der Waals surface area contributed by atoms with Crippen LogP contribution in [0.5, 0.6) is 0 Å². The Morgan fingerprint density at radius 2 is 1.74 bits per heavy atom. The second kappa shape index (κ2) is 10.7. The monoisotopic (exact) mass is 262 g/mol. The van der Waals surface area contributed by atoms with Crippen LogP contribution in [0.25, 0.3) is 0 Å². The zero-order valence-electron chi connectivity index (χ0n) is 12.1. The highest BCUT2D eigenvalue weighted by Gasteiger charge is 2.02. The van der Waals surface area contributed by atoms with Gasteiger partial charge in [0, 0.05) is 12.8 Å². The van der Waals surface area contributed by atoms with E-state index >= 15 is 0 Å². The minimum Gasteiger partial charge on any atom is -0.376 e. The molecule has 0 bridgehead atoms. The molecule has 0 aromatic heterocycles. The Morgan fingerprint density at radius 3 is 2.47 bits per heavy atom. The second-order valence-corrected chi connectivity index (χ2v) is 4.99. The van der Waals surface area contributed by atoms with Crippen LogP contribution in [-0.2, 0) is 16.1 Å². The lowest BCUT2D eigenvalue weighted by molar-refractivity contribution is -0.120. The quantitative estimate of drug-likeness (QED) is 0.548. The normalized spacial score (nSPS) is 10.6. The molecule has 0 atom stereocenters. The Bertz CT molecular complexity index is 332. The molecular formula is C17H26O2. The maximum Gasteiger partial charge on any atom is 0.135 e. The van der Waals surface area contributed by atoms with E-state index in [0.29, 0.717) is 25.4 Å². The van der Waals surface area contributed by atoms with Crippen molar-refractivity contribution in [2.75, 3.05) is 6.61 Å². The number of ketones is 1. The zero-order valence-corrected chi connectivity index (χ0v) is 12.1. The van der Waals surface area contributed by atoms with Crippen molar-refractivity contribution in [3.8, 4) is 0 Å². The molecule has 2 heteroatoms. The number of Topliss-reactive ketones (excluding diaryl/α,β-unsaturated/α-hetero) is 1. The summed E-state index contributed by atoms with van der Waals surface area (Å²) >= 11 is 0. The van der Waals surface area contributed by atoms with Crippen LogP contribution in [-0.4, -0.2) is 12.4 Å². The third-order valence-electron chi connectivity index (χ3n) is 3.20. The molecule has 0 radical (unpaired) electrons. The van der Waals surface area contributed by atoms with E-state index in [2.05, 4.69) is 6.92 Å². The molecule has 0 saturated carbocycles. The summed E-state index contributed by atoms with van der Waals surface area (Å²) in [5.74, 6) is 0.338. The van der Waals surface area contributed by atoms with Gasteiger partial charge in [0.05, 0.1) is 13.2 Å². The molecule has 0 aliphatic heterocycles. The predicted octanol–water partition coefficient (Wildman–Crippen LogP) is 4.52. The van der Waals surface area contributed by atoms with Crippen molar-refractivity contribution in [3.63, 3.8) is 0 Å². The van der Waals surface area contributed by atoms with E-state index < -0.39 is 0 Å². The lowest BCUT2D eigenvalue weighted by Crippen LogP contribution is -2.04. The summed E-state index contributed by atoms with van der Waals surface area (Å²) in [6, 6.07) is 10.1. The predicted molar refractivity (Wildman–Crippen MR) is 79.1 cm³/mol. The van der Waals surface area contributed by atoms with Crippen LogP contribution in [0.15, 0.2) is 30.3 Å². The molecule has 0 amide bonds. The van der Waals surface area contributed by atoms with Crippen LogP contribution in [0.1, 0.15) is 57.4 Å². The lowest BCUT2D eigenvalue weighted by Gasteiger charge is -2.04. The van der Waals surface area contributed by atoms with E-state index in [1.165, 1.54) is 25.7 Å². The van der Waals surface area contributed by atoms with E-state index in [1.807, 2.05) is 30.3 Å². The summed E-state index contributed by atoms with van der Waals surface area (Å²) in [5.41, 5.74) is 1.16. The summed E-state index contributed by atoms with van der Waals surface area (Å²) in [6.45, 7) is 3.35. The summed E-state index contributed by atoms with van der Waals surface area (Å²) in [7, 11) is 0. The van der Waals surface area contributed by atoms with Crippen LogP contribution in [0, 0.1) is 0 Å². The molecule has 1 rings (SSSR count). The Morgan fingerprint density at radius 1 is 1.00 bits per heavy atom. The fourth-order valence-electron chi connectivity index (χ4n) is 2.00. The molecule has 19 heavy (non-hydrogen) atoms. The Balaban J connectivity index is 1.95. The molecule has 1 aromatic carbocycles. The highest BCUT2D eigenvalue weighted by molar-refractivity contribution is 5.78. The van der Waals surface area contributed by atoms with Crippen molar-refractivity contribution in [1.29, 1.82) is 0 Å². The van der Waals surface area contributed by atoms with Gasteiger partial charge in [-0.1, -0.05) is 62.9 Å². The van der Waals surface area contributed by atoms with Gasteiger partial charge in [0.25, 0.3) is 0 Å². The third kappa shape index (κ3) is 8.55. The number of ether oxygens (including phenoxy) is 1. The average Bonchev–Trinajstić information content (AvgIpc) is 2.44. The second-order valence-electron chi connectivity index (χ2n) is 4.99. The van der Waals surface area contributed by atoms with Gasteiger partial charge in [-0.2, -0.15) is 0 Å². The topological polar surface area (TPSA) is 26.3 Å². The Kier molecular flexibility index (Phi) is 8.99. The van der Waals surface area contributed by atoms with Crippen molar-refractivity contribution < 1.29 is 9.53 Å². The minimum atomic E-state index is 0.338. The maximum atomic E-state index is 11.6. The first kappa shape index (κ1) is 15.9. The van der Waals surface area contributed by atoms with Gasteiger partial charge in [-0.3, -0.25) is 4.79 Å². The van der Waals surface area contributed by atoms with Crippen molar-refractivity contribution >= 4 is 5.78 Å². The number of carbonyl (C=O) groups excluding carboxylic acids is 1. The SMILES string of the molecule is CCCCCCCC(=O)CCOCc1ccccc1. The van der Waals surface area contributed by atoms with Gasteiger partial charge in [0.15, 0.2) is 0 Å². The fourth-order valence-corrected chi connectivity index (χ4v) is 2.00. The molecule has 106 valence electrons. The van der Waals surface area contributed by atoms with Gasteiger partial charge in [-0.05, 0) is 12.0 Å². The molecule has 1 aromatic rings. The van der Waals surface area contributed by atoms with Gasteiger partial charge in [0.2, 0.25) is 0 Å². The standard InChI is InChI=1S/C17H26O2/c1-2-3-4-5-9-12-17(18)13-14-19-15-16-10-7-6-8-11-16/h6-8,10-11H,2-5,9,12-15H2,1H3. The van der Waals surface area contributed by atoms with E-state index in [0.717, 1.165) is 18.4 Å². The van der Waals surface area contributed by atoms with E-state index in [1.54, 1.807) is 0 Å². The van der Waals surface area contributed by atoms with E-state index in [-0.39, 0.29) is 0 Å². The minimum absolute atomic E-state index is 0.338. The smallest absolute Gasteiger partial charge is 0.135 e. The number of carbonyl (C=O) groups is 1. The summed E-state index contributed by atoms with van der Waals surface area (Å²) in [4.78, 5) is 11.6. The van der Waals surface area contributed by atoms with Crippen molar-refractivity contribution in [1.82, 2.24) is 0 Å². The molecule has 0 aliphatic carbocycles. The Labute approximate surface area is 117 Å². The number of benzene rings is 1. The summed E-state index contributed by atoms with van der Waals surface area (Å²) in [5, 5.41) is 0. The van der Waals surface area contributed by atoms with Gasteiger partial charge in [-0.15, -0.1) is 0 Å². The highest BCUT2D eigenvalue weighted by atomic mass is 16.5. The molecule has 0 heterocycles. The first-order valence-corrected chi connectivity index (χ1v) is 7.46.